The van der Waals surface area contributed by atoms with Gasteiger partial charge in [-0.2, -0.15) is 9.78 Å². The highest BCUT2D eigenvalue weighted by Crippen LogP contribution is 2.21. The van der Waals surface area contributed by atoms with Crippen LogP contribution < -0.4 is 10.9 Å². The Morgan fingerprint density at radius 2 is 1.89 bits per heavy atom. The summed E-state index contributed by atoms with van der Waals surface area (Å²) >= 11 is 11.9. The molecule has 0 saturated heterocycles. The van der Waals surface area contributed by atoms with Crippen molar-refractivity contribution in [1.82, 2.24) is 19.7 Å². The number of aromatic amines is 1. The molecule has 2 N–H and O–H groups in total. The van der Waals surface area contributed by atoms with Crippen molar-refractivity contribution in [3.63, 3.8) is 0 Å². The van der Waals surface area contributed by atoms with Crippen LogP contribution in [-0.2, 0) is 6.42 Å². The SMILES string of the molecule is CCCc1cc(=O)[nH]c(-n2nc(C)cc2NC(=O)c2cc(Cl)cc(Cl)c2)n1. The van der Waals surface area contributed by atoms with Gasteiger partial charge in [-0.3, -0.25) is 14.6 Å². The lowest BCUT2D eigenvalue weighted by Gasteiger charge is -2.09. The average Bonchev–Trinajstić information content (AvgIpc) is 2.94. The highest BCUT2D eigenvalue weighted by molar-refractivity contribution is 6.35. The lowest BCUT2D eigenvalue weighted by molar-refractivity contribution is 0.102. The molecular weight excluding hydrogens is 389 g/mol. The quantitative estimate of drug-likeness (QED) is 0.675. The van der Waals surface area contributed by atoms with E-state index in [1.165, 1.54) is 22.9 Å². The summed E-state index contributed by atoms with van der Waals surface area (Å²) in [4.78, 5) is 31.6. The van der Waals surface area contributed by atoms with Crippen molar-refractivity contribution in [2.75, 3.05) is 5.32 Å². The molecule has 27 heavy (non-hydrogen) atoms. The summed E-state index contributed by atoms with van der Waals surface area (Å²) in [5.41, 5.74) is 1.33. The molecule has 9 heteroatoms. The topological polar surface area (TPSA) is 92.7 Å². The van der Waals surface area contributed by atoms with Gasteiger partial charge < -0.3 is 5.32 Å². The maximum Gasteiger partial charge on any atom is 0.256 e. The van der Waals surface area contributed by atoms with Crippen LogP contribution in [0.1, 0.15) is 35.1 Å². The number of hydrogen-bond acceptors (Lipinski definition) is 4. The van der Waals surface area contributed by atoms with Crippen molar-refractivity contribution in [3.05, 3.63) is 67.7 Å². The molecule has 3 aromatic rings. The van der Waals surface area contributed by atoms with Gasteiger partial charge in [-0.05, 0) is 31.5 Å². The third kappa shape index (κ3) is 4.56. The highest BCUT2D eigenvalue weighted by Gasteiger charge is 2.15. The number of H-pyrrole nitrogens is 1. The van der Waals surface area contributed by atoms with E-state index in [9.17, 15) is 9.59 Å². The molecule has 0 aliphatic heterocycles. The first kappa shape index (κ1) is 19.1. The second-order valence-electron chi connectivity index (χ2n) is 6.01. The zero-order valence-electron chi connectivity index (χ0n) is 14.7. The second-order valence-corrected chi connectivity index (χ2v) is 6.88. The Hall–Kier alpha value is -2.64. The van der Waals surface area contributed by atoms with Crippen LogP contribution in [0.25, 0.3) is 5.95 Å². The number of carbonyl (C=O) groups excluding carboxylic acids is 1. The highest BCUT2D eigenvalue weighted by atomic mass is 35.5. The average molecular weight is 406 g/mol. The summed E-state index contributed by atoms with van der Waals surface area (Å²) in [6, 6.07) is 7.70. The predicted molar refractivity (Wildman–Crippen MR) is 105 cm³/mol. The molecule has 0 bridgehead atoms. The molecule has 0 unspecified atom stereocenters. The van der Waals surface area contributed by atoms with Crippen LogP contribution in [0.3, 0.4) is 0 Å². The predicted octanol–water partition coefficient (Wildman–Crippen LogP) is 3.78. The third-order valence-corrected chi connectivity index (χ3v) is 4.12. The molecular formula is C18H17Cl2N5O2. The van der Waals surface area contributed by atoms with Crippen molar-refractivity contribution >= 4 is 34.9 Å². The molecule has 0 spiro atoms. The summed E-state index contributed by atoms with van der Waals surface area (Å²) in [7, 11) is 0. The standard InChI is InChI=1S/C18H17Cl2N5O2/c1-3-4-14-9-16(26)23-18(21-14)25-15(5-10(2)24-25)22-17(27)11-6-12(19)8-13(20)7-11/h5-9H,3-4H2,1-2H3,(H,22,27)(H,21,23,26). The first-order valence-electron chi connectivity index (χ1n) is 8.30. The van der Waals surface area contributed by atoms with Gasteiger partial charge in [-0.15, -0.1) is 0 Å². The van der Waals surface area contributed by atoms with E-state index in [1.807, 2.05) is 6.92 Å². The van der Waals surface area contributed by atoms with E-state index in [0.29, 0.717) is 39.2 Å². The summed E-state index contributed by atoms with van der Waals surface area (Å²) in [6.45, 7) is 3.78. The maximum absolute atomic E-state index is 12.6. The Morgan fingerprint density at radius 3 is 2.56 bits per heavy atom. The first-order valence-corrected chi connectivity index (χ1v) is 9.06. The second kappa shape index (κ2) is 7.94. The molecule has 1 amide bonds. The van der Waals surface area contributed by atoms with Gasteiger partial charge in [0.1, 0.15) is 5.82 Å². The normalized spacial score (nSPS) is 10.8. The number of carbonyl (C=O) groups is 1. The van der Waals surface area contributed by atoms with Gasteiger partial charge >= 0.3 is 0 Å². The monoisotopic (exact) mass is 405 g/mol. The third-order valence-electron chi connectivity index (χ3n) is 3.69. The van der Waals surface area contributed by atoms with Gasteiger partial charge in [0.05, 0.1) is 5.69 Å². The number of anilines is 1. The minimum absolute atomic E-state index is 0.235. The van der Waals surface area contributed by atoms with Crippen LogP contribution in [0.5, 0.6) is 0 Å². The minimum Gasteiger partial charge on any atom is -0.306 e. The molecule has 0 radical (unpaired) electrons. The Balaban J connectivity index is 1.97. The smallest absolute Gasteiger partial charge is 0.256 e. The van der Waals surface area contributed by atoms with Crippen molar-refractivity contribution in [3.8, 4) is 5.95 Å². The number of aromatic nitrogens is 4. The van der Waals surface area contributed by atoms with E-state index in [1.54, 1.807) is 19.1 Å². The van der Waals surface area contributed by atoms with E-state index >= 15 is 0 Å². The maximum atomic E-state index is 12.6. The van der Waals surface area contributed by atoms with Crippen LogP contribution in [0.2, 0.25) is 10.0 Å². The van der Waals surface area contributed by atoms with E-state index in [2.05, 4.69) is 20.4 Å². The van der Waals surface area contributed by atoms with Crippen molar-refractivity contribution in [2.45, 2.75) is 26.7 Å². The fourth-order valence-electron chi connectivity index (χ4n) is 2.60. The number of hydrogen-bond donors (Lipinski definition) is 2. The van der Waals surface area contributed by atoms with Crippen molar-refractivity contribution in [2.24, 2.45) is 0 Å². The number of nitrogens with zero attached hydrogens (tertiary/aromatic N) is 3. The molecule has 0 atom stereocenters. The molecule has 3 rings (SSSR count). The van der Waals surface area contributed by atoms with Gasteiger partial charge in [0.25, 0.3) is 11.5 Å². The summed E-state index contributed by atoms with van der Waals surface area (Å²) < 4.78 is 1.39. The molecule has 140 valence electrons. The number of amides is 1. The number of rotatable bonds is 5. The lowest BCUT2D eigenvalue weighted by Crippen LogP contribution is -2.19. The molecule has 2 heterocycles. The molecule has 0 aliphatic rings. The largest absolute Gasteiger partial charge is 0.306 e. The fraction of sp³-hybridized carbons (Fsp3) is 0.222. The number of benzene rings is 1. The van der Waals surface area contributed by atoms with E-state index in [0.717, 1.165) is 6.42 Å². The Labute approximate surface area is 165 Å². The molecule has 2 aromatic heterocycles. The Bertz CT molecular complexity index is 1040. The van der Waals surface area contributed by atoms with Crippen LogP contribution in [-0.4, -0.2) is 25.7 Å². The Morgan fingerprint density at radius 1 is 1.19 bits per heavy atom. The van der Waals surface area contributed by atoms with Gasteiger partial charge in [0, 0.05) is 33.4 Å². The summed E-state index contributed by atoms with van der Waals surface area (Å²) in [6.07, 6.45) is 1.52. The molecule has 1 aromatic carbocycles. The van der Waals surface area contributed by atoms with Gasteiger partial charge in [-0.1, -0.05) is 36.5 Å². The van der Waals surface area contributed by atoms with Crippen LogP contribution in [0.15, 0.2) is 35.1 Å². The number of halogens is 2. The van der Waals surface area contributed by atoms with Crippen LogP contribution in [0, 0.1) is 6.92 Å². The zero-order valence-corrected chi connectivity index (χ0v) is 16.2. The van der Waals surface area contributed by atoms with E-state index < -0.39 is 5.91 Å². The van der Waals surface area contributed by atoms with E-state index in [-0.39, 0.29) is 11.5 Å². The lowest BCUT2D eigenvalue weighted by atomic mass is 10.2. The molecule has 0 aliphatic carbocycles. The van der Waals surface area contributed by atoms with Crippen molar-refractivity contribution in [1.29, 1.82) is 0 Å². The van der Waals surface area contributed by atoms with Gasteiger partial charge in [-0.25, -0.2) is 4.98 Å². The first-order chi connectivity index (χ1) is 12.9. The number of aryl methyl sites for hydroxylation is 2. The zero-order chi connectivity index (χ0) is 19.6. The fourth-order valence-corrected chi connectivity index (χ4v) is 3.13. The van der Waals surface area contributed by atoms with Crippen LogP contribution >= 0.6 is 23.2 Å². The van der Waals surface area contributed by atoms with E-state index in [4.69, 9.17) is 23.2 Å². The van der Waals surface area contributed by atoms with Crippen molar-refractivity contribution < 1.29 is 4.79 Å². The molecule has 7 nitrogen and oxygen atoms in total. The molecule has 0 saturated carbocycles. The number of nitrogens with one attached hydrogen (secondary N) is 2. The molecule has 0 fully saturated rings. The summed E-state index contributed by atoms with van der Waals surface area (Å²) in [5, 5.41) is 7.79. The summed E-state index contributed by atoms with van der Waals surface area (Å²) in [5.74, 6) is 0.191. The van der Waals surface area contributed by atoms with Crippen LogP contribution in [0.4, 0.5) is 5.82 Å². The van der Waals surface area contributed by atoms with Gasteiger partial charge in [0.15, 0.2) is 0 Å². The Kier molecular flexibility index (Phi) is 5.62. The minimum atomic E-state index is -0.410. The van der Waals surface area contributed by atoms with Gasteiger partial charge in [0.2, 0.25) is 5.95 Å².